The molecule has 0 aliphatic rings. The average Bonchev–Trinajstić information content (AvgIpc) is 2.95. The lowest BCUT2D eigenvalue weighted by atomic mass is 10.1. The van der Waals surface area contributed by atoms with Gasteiger partial charge >= 0.3 is 6.03 Å². The number of hydrogen-bond donors (Lipinski definition) is 3. The van der Waals surface area contributed by atoms with E-state index in [4.69, 9.17) is 4.42 Å². The number of amides is 2. The average molecular weight is 278 g/mol. The zero-order chi connectivity index (χ0) is 14.4. The van der Waals surface area contributed by atoms with Crippen molar-refractivity contribution in [2.45, 2.75) is 12.5 Å². The highest BCUT2D eigenvalue weighted by Gasteiger charge is 2.09. The molecular weight excluding hydrogens is 263 g/mol. The highest BCUT2D eigenvalue weighted by Crippen LogP contribution is 2.15. The second kappa shape index (κ2) is 6.72. The molecule has 1 heterocycles. The largest absolute Gasteiger partial charge is 0.472 e. The smallest absolute Gasteiger partial charge is 0.319 e. The molecule has 0 spiro atoms. The normalized spacial score (nSPS) is 11.9. The van der Waals surface area contributed by atoms with Crippen LogP contribution in [0.4, 0.5) is 14.9 Å². The number of urea groups is 1. The van der Waals surface area contributed by atoms with Crippen LogP contribution in [0.1, 0.15) is 18.1 Å². The molecule has 20 heavy (non-hydrogen) atoms. The topological polar surface area (TPSA) is 74.5 Å². The van der Waals surface area contributed by atoms with E-state index in [9.17, 15) is 14.3 Å². The van der Waals surface area contributed by atoms with E-state index in [0.717, 1.165) is 0 Å². The summed E-state index contributed by atoms with van der Waals surface area (Å²) in [5, 5.41) is 14.9. The van der Waals surface area contributed by atoms with Gasteiger partial charge in [0.1, 0.15) is 5.82 Å². The summed E-state index contributed by atoms with van der Waals surface area (Å²) in [5.74, 6) is -0.362. The Balaban J connectivity index is 1.71. The Labute approximate surface area is 115 Å². The fraction of sp³-hybridized carbons (Fsp3) is 0.214. The molecule has 0 fully saturated rings. The van der Waals surface area contributed by atoms with E-state index in [2.05, 4.69) is 10.6 Å². The minimum absolute atomic E-state index is 0.305. The first-order chi connectivity index (χ1) is 9.65. The van der Waals surface area contributed by atoms with Crippen LogP contribution in [0.25, 0.3) is 0 Å². The van der Waals surface area contributed by atoms with E-state index < -0.39 is 12.1 Å². The van der Waals surface area contributed by atoms with Crippen molar-refractivity contribution in [3.05, 3.63) is 54.2 Å². The van der Waals surface area contributed by atoms with Gasteiger partial charge < -0.3 is 20.2 Å². The quantitative estimate of drug-likeness (QED) is 0.787. The molecule has 2 aromatic rings. The maximum Gasteiger partial charge on any atom is 0.319 e. The fourth-order valence-electron chi connectivity index (χ4n) is 1.66. The minimum Gasteiger partial charge on any atom is -0.472 e. The van der Waals surface area contributed by atoms with Crippen molar-refractivity contribution in [3.63, 3.8) is 0 Å². The Kier molecular flexibility index (Phi) is 4.73. The number of furan rings is 1. The number of hydrogen-bond acceptors (Lipinski definition) is 3. The van der Waals surface area contributed by atoms with E-state index in [0.29, 0.717) is 24.2 Å². The fourth-order valence-corrected chi connectivity index (χ4v) is 1.66. The number of carbonyl (C=O) groups excluding carboxylic acids is 1. The summed E-state index contributed by atoms with van der Waals surface area (Å²) in [6.07, 6.45) is 2.63. The molecule has 0 saturated carbocycles. The second-order valence-corrected chi connectivity index (χ2v) is 4.25. The predicted octanol–water partition coefficient (Wildman–Crippen LogP) is 2.66. The van der Waals surface area contributed by atoms with Crippen molar-refractivity contribution in [1.29, 1.82) is 0 Å². The third kappa shape index (κ3) is 4.10. The molecule has 1 aromatic carbocycles. The van der Waals surface area contributed by atoms with Gasteiger partial charge in [-0.25, -0.2) is 9.18 Å². The number of anilines is 1. The molecule has 5 nitrogen and oxygen atoms in total. The molecule has 1 unspecified atom stereocenters. The molecule has 6 heteroatoms. The van der Waals surface area contributed by atoms with Crippen LogP contribution in [0.3, 0.4) is 0 Å². The van der Waals surface area contributed by atoms with Crippen molar-refractivity contribution >= 4 is 11.7 Å². The van der Waals surface area contributed by atoms with E-state index in [1.165, 1.54) is 36.8 Å². The van der Waals surface area contributed by atoms with Crippen LogP contribution in [-0.2, 0) is 0 Å². The van der Waals surface area contributed by atoms with Gasteiger partial charge in [-0.3, -0.25) is 0 Å². The SMILES string of the molecule is O=C(NCCC(O)c1ccoc1)Nc1ccc(F)cc1. The number of rotatable bonds is 5. The summed E-state index contributed by atoms with van der Waals surface area (Å²) < 4.78 is 17.5. The number of nitrogens with one attached hydrogen (secondary N) is 2. The van der Waals surface area contributed by atoms with Gasteiger partial charge in [0.05, 0.1) is 18.6 Å². The molecule has 2 amide bonds. The van der Waals surface area contributed by atoms with Crippen LogP contribution in [0.5, 0.6) is 0 Å². The van der Waals surface area contributed by atoms with Gasteiger partial charge in [0.25, 0.3) is 0 Å². The zero-order valence-corrected chi connectivity index (χ0v) is 10.7. The molecule has 0 radical (unpaired) electrons. The summed E-state index contributed by atoms with van der Waals surface area (Å²) in [7, 11) is 0. The van der Waals surface area contributed by atoms with Gasteiger partial charge in [-0.1, -0.05) is 0 Å². The third-order valence-electron chi connectivity index (χ3n) is 2.73. The molecule has 1 aromatic heterocycles. The van der Waals surface area contributed by atoms with E-state index in [1.54, 1.807) is 6.07 Å². The third-order valence-corrected chi connectivity index (χ3v) is 2.73. The monoisotopic (exact) mass is 278 g/mol. The van der Waals surface area contributed by atoms with Gasteiger partial charge in [-0.2, -0.15) is 0 Å². The van der Waals surface area contributed by atoms with Gasteiger partial charge in [-0.15, -0.1) is 0 Å². The van der Waals surface area contributed by atoms with Crippen LogP contribution in [0, 0.1) is 5.82 Å². The predicted molar refractivity (Wildman–Crippen MR) is 71.7 cm³/mol. The lowest BCUT2D eigenvalue weighted by Crippen LogP contribution is -2.30. The lowest BCUT2D eigenvalue weighted by molar-refractivity contribution is 0.166. The van der Waals surface area contributed by atoms with Crippen molar-refractivity contribution in [3.8, 4) is 0 Å². The Bertz CT molecular complexity index is 540. The molecule has 2 rings (SSSR count). The van der Waals surface area contributed by atoms with Crippen LogP contribution in [0.15, 0.2) is 47.3 Å². The minimum atomic E-state index is -0.681. The Morgan fingerprint density at radius 1 is 1.30 bits per heavy atom. The molecule has 0 saturated heterocycles. The maximum absolute atomic E-state index is 12.7. The maximum atomic E-state index is 12.7. The van der Waals surface area contributed by atoms with Crippen LogP contribution >= 0.6 is 0 Å². The Morgan fingerprint density at radius 3 is 2.70 bits per heavy atom. The number of aliphatic hydroxyl groups excluding tert-OH is 1. The highest BCUT2D eigenvalue weighted by molar-refractivity contribution is 5.89. The van der Waals surface area contributed by atoms with Gasteiger partial charge in [0, 0.05) is 17.8 Å². The first-order valence-corrected chi connectivity index (χ1v) is 6.16. The van der Waals surface area contributed by atoms with E-state index in [1.807, 2.05) is 0 Å². The van der Waals surface area contributed by atoms with Crippen LogP contribution < -0.4 is 10.6 Å². The molecule has 1 atom stereocenters. The zero-order valence-electron chi connectivity index (χ0n) is 10.7. The van der Waals surface area contributed by atoms with Gasteiger partial charge in [0.2, 0.25) is 0 Å². The molecule has 0 aliphatic heterocycles. The summed E-state index contributed by atoms with van der Waals surface area (Å²) >= 11 is 0. The first kappa shape index (κ1) is 14.1. The first-order valence-electron chi connectivity index (χ1n) is 6.16. The molecule has 0 bridgehead atoms. The van der Waals surface area contributed by atoms with E-state index in [-0.39, 0.29) is 5.82 Å². The van der Waals surface area contributed by atoms with Gasteiger partial charge in [-0.05, 0) is 36.8 Å². The second-order valence-electron chi connectivity index (χ2n) is 4.25. The van der Waals surface area contributed by atoms with Crippen molar-refractivity contribution in [2.24, 2.45) is 0 Å². The Hall–Kier alpha value is -2.34. The lowest BCUT2D eigenvalue weighted by Gasteiger charge is -2.10. The summed E-state index contributed by atoms with van der Waals surface area (Å²) in [5.41, 5.74) is 1.17. The number of aliphatic hydroxyl groups is 1. The van der Waals surface area contributed by atoms with Crippen LogP contribution in [-0.4, -0.2) is 17.7 Å². The van der Waals surface area contributed by atoms with Crippen molar-refractivity contribution in [1.82, 2.24) is 5.32 Å². The number of carbonyl (C=O) groups is 1. The summed E-state index contributed by atoms with van der Waals surface area (Å²) in [4.78, 5) is 11.5. The van der Waals surface area contributed by atoms with Crippen molar-refractivity contribution < 1.29 is 18.7 Å². The van der Waals surface area contributed by atoms with Gasteiger partial charge in [0.15, 0.2) is 0 Å². The molecule has 3 N–H and O–H groups in total. The molecular formula is C14H15FN2O3. The summed E-state index contributed by atoms with van der Waals surface area (Å²) in [6, 6.07) is 6.72. The van der Waals surface area contributed by atoms with Crippen LogP contribution in [0.2, 0.25) is 0 Å². The number of halogens is 1. The highest BCUT2D eigenvalue weighted by atomic mass is 19.1. The summed E-state index contributed by atoms with van der Waals surface area (Å²) in [6.45, 7) is 0.305. The Morgan fingerprint density at radius 2 is 2.05 bits per heavy atom. The number of benzene rings is 1. The standard InChI is InChI=1S/C14H15FN2O3/c15-11-1-3-12(4-2-11)17-14(19)16-7-5-13(18)10-6-8-20-9-10/h1-4,6,8-9,13,18H,5,7H2,(H2,16,17,19). The molecule has 0 aliphatic carbocycles. The van der Waals surface area contributed by atoms with Crippen molar-refractivity contribution in [2.75, 3.05) is 11.9 Å². The van der Waals surface area contributed by atoms with E-state index >= 15 is 0 Å². The molecule has 106 valence electrons.